The van der Waals surface area contributed by atoms with Crippen molar-refractivity contribution in [2.24, 2.45) is 4.99 Å². The van der Waals surface area contributed by atoms with Crippen LogP contribution in [-0.4, -0.2) is 30.6 Å². The van der Waals surface area contributed by atoms with Gasteiger partial charge in [0.1, 0.15) is 5.75 Å². The highest BCUT2D eigenvalue weighted by molar-refractivity contribution is 8.14. The minimum Gasteiger partial charge on any atom is -0.497 e. The minimum absolute atomic E-state index is 0.555. The number of rotatable bonds is 4. The summed E-state index contributed by atoms with van der Waals surface area (Å²) in [5, 5.41) is 4.44. The first-order valence-electron chi connectivity index (χ1n) is 5.84. The van der Waals surface area contributed by atoms with E-state index >= 15 is 0 Å². The molecular formula is C13H18N2OS. The molecule has 1 unspecified atom stereocenters. The van der Waals surface area contributed by atoms with Crippen LogP contribution in [0.3, 0.4) is 0 Å². The van der Waals surface area contributed by atoms with E-state index in [-0.39, 0.29) is 0 Å². The number of nitrogens with one attached hydrogen (secondary N) is 1. The number of benzene rings is 1. The van der Waals surface area contributed by atoms with Crippen molar-refractivity contribution in [2.45, 2.75) is 19.4 Å². The molecule has 0 aromatic heterocycles. The van der Waals surface area contributed by atoms with Crippen LogP contribution < -0.4 is 10.1 Å². The Morgan fingerprint density at radius 2 is 2.18 bits per heavy atom. The molecule has 17 heavy (non-hydrogen) atoms. The molecule has 1 saturated heterocycles. The quantitative estimate of drug-likeness (QED) is 0.890. The average molecular weight is 250 g/mol. The Morgan fingerprint density at radius 3 is 2.76 bits per heavy atom. The summed E-state index contributed by atoms with van der Waals surface area (Å²) in [6.45, 7) is 3.02. The molecule has 4 heteroatoms. The summed E-state index contributed by atoms with van der Waals surface area (Å²) in [5.74, 6) is 2.03. The number of nitrogens with zero attached hydrogens (tertiary/aromatic N) is 1. The van der Waals surface area contributed by atoms with Gasteiger partial charge in [-0.3, -0.25) is 4.99 Å². The van der Waals surface area contributed by atoms with E-state index in [4.69, 9.17) is 4.74 Å². The monoisotopic (exact) mass is 250 g/mol. The lowest BCUT2D eigenvalue weighted by Gasteiger charge is -2.03. The smallest absolute Gasteiger partial charge is 0.156 e. The van der Waals surface area contributed by atoms with Crippen molar-refractivity contribution in [1.82, 2.24) is 5.32 Å². The number of hydrogen-bond acceptors (Lipinski definition) is 3. The maximum Gasteiger partial charge on any atom is 0.156 e. The van der Waals surface area contributed by atoms with Gasteiger partial charge in [0.15, 0.2) is 5.17 Å². The third-order valence-electron chi connectivity index (χ3n) is 2.65. The van der Waals surface area contributed by atoms with Gasteiger partial charge in [-0.05, 0) is 31.0 Å². The summed E-state index contributed by atoms with van der Waals surface area (Å²) >= 11 is 1.81. The largest absolute Gasteiger partial charge is 0.497 e. The van der Waals surface area contributed by atoms with Gasteiger partial charge in [-0.2, -0.15) is 0 Å². The van der Waals surface area contributed by atoms with Gasteiger partial charge in [0.05, 0.1) is 7.11 Å². The van der Waals surface area contributed by atoms with E-state index in [0.717, 1.165) is 29.6 Å². The van der Waals surface area contributed by atoms with E-state index in [1.54, 1.807) is 7.11 Å². The van der Waals surface area contributed by atoms with Crippen LogP contribution >= 0.6 is 11.8 Å². The Hall–Kier alpha value is -1.16. The molecule has 0 amide bonds. The third kappa shape index (κ3) is 3.66. The lowest BCUT2D eigenvalue weighted by molar-refractivity contribution is 0.414. The highest BCUT2D eigenvalue weighted by atomic mass is 32.2. The van der Waals surface area contributed by atoms with Crippen molar-refractivity contribution >= 4 is 16.9 Å². The molecule has 1 fully saturated rings. The molecule has 1 heterocycles. The van der Waals surface area contributed by atoms with E-state index in [0.29, 0.717) is 6.04 Å². The fourth-order valence-corrected chi connectivity index (χ4v) is 2.63. The van der Waals surface area contributed by atoms with Crippen molar-refractivity contribution in [3.05, 3.63) is 29.8 Å². The molecule has 0 spiro atoms. The van der Waals surface area contributed by atoms with Crippen molar-refractivity contribution < 1.29 is 4.74 Å². The minimum atomic E-state index is 0.555. The van der Waals surface area contributed by atoms with Crippen LogP contribution in [0.4, 0.5) is 0 Å². The number of aliphatic imine (C=N–C) groups is 1. The zero-order valence-electron chi connectivity index (χ0n) is 10.3. The second-order valence-electron chi connectivity index (χ2n) is 4.14. The summed E-state index contributed by atoms with van der Waals surface area (Å²) in [5.41, 5.74) is 1.30. The van der Waals surface area contributed by atoms with Gasteiger partial charge in [0, 0.05) is 18.3 Å². The van der Waals surface area contributed by atoms with Gasteiger partial charge in [-0.25, -0.2) is 0 Å². The second kappa shape index (κ2) is 5.96. The number of amidine groups is 1. The number of ether oxygens (including phenoxy) is 1. The van der Waals surface area contributed by atoms with Crippen LogP contribution in [0.1, 0.15) is 12.5 Å². The number of thioether (sulfide) groups is 1. The normalized spacial score (nSPS) is 21.5. The molecule has 1 aliphatic rings. The molecule has 1 N–H and O–H groups in total. The lowest BCUT2D eigenvalue weighted by atomic mass is 10.1. The van der Waals surface area contributed by atoms with E-state index in [1.165, 1.54) is 5.56 Å². The van der Waals surface area contributed by atoms with Crippen molar-refractivity contribution in [3.63, 3.8) is 0 Å². The highest BCUT2D eigenvalue weighted by Gasteiger charge is 2.14. The number of methoxy groups -OCH3 is 1. The lowest BCUT2D eigenvalue weighted by Crippen LogP contribution is -2.23. The molecule has 2 rings (SSSR count). The third-order valence-corrected chi connectivity index (χ3v) is 3.84. The molecule has 0 aliphatic carbocycles. The standard InChI is InChI=1S/C13H18N2OS/c1-10-9-17-13(15-10)14-8-7-11-3-5-12(16-2)6-4-11/h3-6,10H,7-9H2,1-2H3,(H,14,15). The Labute approximate surface area is 107 Å². The van der Waals surface area contributed by atoms with Gasteiger partial charge in [0.25, 0.3) is 0 Å². The van der Waals surface area contributed by atoms with Crippen LogP contribution in [0.5, 0.6) is 5.75 Å². The van der Waals surface area contributed by atoms with Crippen LogP contribution in [-0.2, 0) is 6.42 Å². The molecule has 92 valence electrons. The van der Waals surface area contributed by atoms with E-state index < -0.39 is 0 Å². The van der Waals surface area contributed by atoms with Gasteiger partial charge >= 0.3 is 0 Å². The van der Waals surface area contributed by atoms with Crippen LogP contribution in [0.15, 0.2) is 29.3 Å². The van der Waals surface area contributed by atoms with E-state index in [1.807, 2.05) is 23.9 Å². The molecule has 1 aromatic rings. The molecule has 0 bridgehead atoms. The molecule has 1 aliphatic heterocycles. The maximum atomic E-state index is 5.13. The number of hydrogen-bond donors (Lipinski definition) is 1. The summed E-state index contributed by atoms with van der Waals surface area (Å²) in [7, 11) is 1.69. The Kier molecular flexibility index (Phi) is 4.31. The zero-order valence-corrected chi connectivity index (χ0v) is 11.1. The molecule has 1 atom stereocenters. The molecular weight excluding hydrogens is 232 g/mol. The van der Waals surface area contributed by atoms with Gasteiger partial charge in [0.2, 0.25) is 0 Å². The van der Waals surface area contributed by atoms with Gasteiger partial charge in [-0.1, -0.05) is 23.9 Å². The molecule has 1 aromatic carbocycles. The Balaban J connectivity index is 1.81. The first-order chi connectivity index (χ1) is 8.28. The highest BCUT2D eigenvalue weighted by Crippen LogP contribution is 2.14. The molecule has 0 radical (unpaired) electrons. The van der Waals surface area contributed by atoms with E-state index in [2.05, 4.69) is 29.4 Å². The van der Waals surface area contributed by atoms with Crippen molar-refractivity contribution in [3.8, 4) is 5.75 Å². The van der Waals surface area contributed by atoms with Crippen LogP contribution in [0, 0.1) is 0 Å². The van der Waals surface area contributed by atoms with Gasteiger partial charge < -0.3 is 10.1 Å². The average Bonchev–Trinajstić information content (AvgIpc) is 2.76. The topological polar surface area (TPSA) is 33.6 Å². The fourth-order valence-electron chi connectivity index (χ4n) is 1.67. The summed E-state index contributed by atoms with van der Waals surface area (Å²) < 4.78 is 5.13. The maximum absolute atomic E-state index is 5.13. The summed E-state index contributed by atoms with van der Waals surface area (Å²) in [4.78, 5) is 4.55. The molecule has 3 nitrogen and oxygen atoms in total. The summed E-state index contributed by atoms with van der Waals surface area (Å²) in [6.07, 6.45) is 0.976. The van der Waals surface area contributed by atoms with Crippen LogP contribution in [0.2, 0.25) is 0 Å². The van der Waals surface area contributed by atoms with Gasteiger partial charge in [-0.15, -0.1) is 0 Å². The first-order valence-corrected chi connectivity index (χ1v) is 6.83. The SMILES string of the molecule is COc1ccc(CCN=C2NC(C)CS2)cc1. The van der Waals surface area contributed by atoms with Crippen molar-refractivity contribution in [2.75, 3.05) is 19.4 Å². The first kappa shape index (κ1) is 12.3. The zero-order chi connectivity index (χ0) is 12.1. The van der Waals surface area contributed by atoms with E-state index in [9.17, 15) is 0 Å². The van der Waals surface area contributed by atoms with Crippen LogP contribution in [0.25, 0.3) is 0 Å². The Morgan fingerprint density at radius 1 is 1.41 bits per heavy atom. The predicted molar refractivity (Wildman–Crippen MR) is 74.1 cm³/mol. The summed E-state index contributed by atoms with van der Waals surface area (Å²) in [6, 6.07) is 8.73. The predicted octanol–water partition coefficient (Wildman–Crippen LogP) is 2.32. The Bertz CT molecular complexity index is 389. The fraction of sp³-hybridized carbons (Fsp3) is 0.462. The second-order valence-corrected chi connectivity index (χ2v) is 5.15. The van der Waals surface area contributed by atoms with Crippen molar-refractivity contribution in [1.29, 1.82) is 0 Å². The molecule has 0 saturated carbocycles.